The van der Waals surface area contributed by atoms with Crippen molar-refractivity contribution in [1.29, 1.82) is 0 Å². The minimum absolute atomic E-state index is 0.135. The molecule has 0 saturated heterocycles. The predicted octanol–water partition coefficient (Wildman–Crippen LogP) is 2.46. The number of nitrogens with one attached hydrogen (secondary N) is 2. The van der Waals surface area contributed by atoms with Crippen molar-refractivity contribution < 1.29 is 4.79 Å². The monoisotopic (exact) mass is 240 g/mol. The standard InChI is InChI=1S/C14H28N2O/c1-4-10-15-13(17)11-16-12-6-5-8-14(2,3)9-7-12/h12,16H,4-11H2,1-3H3,(H,15,17). The zero-order valence-electron chi connectivity index (χ0n) is 11.6. The fourth-order valence-corrected chi connectivity index (χ4v) is 2.43. The maximum atomic E-state index is 11.5. The smallest absolute Gasteiger partial charge is 0.233 e. The van der Waals surface area contributed by atoms with E-state index in [0.717, 1.165) is 13.0 Å². The van der Waals surface area contributed by atoms with E-state index in [1.165, 1.54) is 32.1 Å². The van der Waals surface area contributed by atoms with Gasteiger partial charge in [0.15, 0.2) is 0 Å². The molecule has 0 spiro atoms. The molecule has 17 heavy (non-hydrogen) atoms. The second-order valence-electron chi connectivity index (χ2n) is 6.02. The molecule has 2 N–H and O–H groups in total. The van der Waals surface area contributed by atoms with Gasteiger partial charge in [0.1, 0.15) is 0 Å². The average molecular weight is 240 g/mol. The predicted molar refractivity (Wildman–Crippen MR) is 72.0 cm³/mol. The Morgan fingerprint density at radius 2 is 2.06 bits per heavy atom. The van der Waals surface area contributed by atoms with Gasteiger partial charge in [0, 0.05) is 12.6 Å². The van der Waals surface area contributed by atoms with Crippen LogP contribution in [0.25, 0.3) is 0 Å². The third kappa shape index (κ3) is 6.06. The summed E-state index contributed by atoms with van der Waals surface area (Å²) >= 11 is 0. The molecule has 0 radical (unpaired) electrons. The lowest BCUT2D eigenvalue weighted by Gasteiger charge is -2.22. The van der Waals surface area contributed by atoms with Crippen molar-refractivity contribution in [2.45, 2.75) is 65.3 Å². The molecule has 1 saturated carbocycles. The van der Waals surface area contributed by atoms with Crippen LogP contribution >= 0.6 is 0 Å². The lowest BCUT2D eigenvalue weighted by atomic mass is 9.85. The molecule has 3 heteroatoms. The molecule has 0 aliphatic heterocycles. The molecular formula is C14H28N2O. The molecule has 0 aromatic rings. The zero-order valence-corrected chi connectivity index (χ0v) is 11.6. The van der Waals surface area contributed by atoms with Gasteiger partial charge < -0.3 is 10.6 Å². The summed E-state index contributed by atoms with van der Waals surface area (Å²) in [7, 11) is 0. The van der Waals surface area contributed by atoms with Crippen molar-refractivity contribution in [2.75, 3.05) is 13.1 Å². The highest BCUT2D eigenvalue weighted by Crippen LogP contribution is 2.33. The van der Waals surface area contributed by atoms with Crippen LogP contribution in [0.3, 0.4) is 0 Å². The zero-order chi connectivity index (χ0) is 12.7. The summed E-state index contributed by atoms with van der Waals surface area (Å²) in [6, 6.07) is 0.532. The van der Waals surface area contributed by atoms with Crippen LogP contribution in [0, 0.1) is 5.41 Å². The first kappa shape index (κ1) is 14.5. The summed E-state index contributed by atoms with van der Waals surface area (Å²) in [6.07, 6.45) is 7.28. The second-order valence-corrected chi connectivity index (χ2v) is 6.02. The Labute approximate surface area is 106 Å². The van der Waals surface area contributed by atoms with Crippen LogP contribution in [0.15, 0.2) is 0 Å². The highest BCUT2D eigenvalue weighted by molar-refractivity contribution is 5.77. The van der Waals surface area contributed by atoms with Gasteiger partial charge in [-0.2, -0.15) is 0 Å². The molecule has 1 rings (SSSR count). The van der Waals surface area contributed by atoms with Crippen LogP contribution in [-0.2, 0) is 4.79 Å². The van der Waals surface area contributed by atoms with Gasteiger partial charge in [-0.25, -0.2) is 0 Å². The van der Waals surface area contributed by atoms with Gasteiger partial charge in [-0.3, -0.25) is 4.79 Å². The molecule has 1 amide bonds. The summed E-state index contributed by atoms with van der Waals surface area (Å²) in [5.41, 5.74) is 0.487. The second kappa shape index (κ2) is 7.00. The fourth-order valence-electron chi connectivity index (χ4n) is 2.43. The summed E-state index contributed by atoms with van der Waals surface area (Å²) in [5.74, 6) is 0.135. The largest absolute Gasteiger partial charge is 0.355 e. The molecule has 1 unspecified atom stereocenters. The van der Waals surface area contributed by atoms with Crippen molar-refractivity contribution in [3.05, 3.63) is 0 Å². The summed E-state index contributed by atoms with van der Waals surface area (Å²) in [6.45, 7) is 8.04. The topological polar surface area (TPSA) is 41.1 Å². The molecule has 1 aliphatic carbocycles. The molecular weight excluding hydrogens is 212 g/mol. The van der Waals surface area contributed by atoms with Crippen molar-refractivity contribution in [1.82, 2.24) is 10.6 Å². The van der Waals surface area contributed by atoms with E-state index in [2.05, 4.69) is 31.4 Å². The molecule has 1 fully saturated rings. The van der Waals surface area contributed by atoms with E-state index in [1.54, 1.807) is 0 Å². The van der Waals surface area contributed by atoms with E-state index in [1.807, 2.05) is 0 Å². The molecule has 1 aliphatic rings. The highest BCUT2D eigenvalue weighted by atomic mass is 16.1. The number of hydrogen-bond acceptors (Lipinski definition) is 2. The summed E-state index contributed by atoms with van der Waals surface area (Å²) < 4.78 is 0. The molecule has 100 valence electrons. The maximum absolute atomic E-state index is 11.5. The number of hydrogen-bond donors (Lipinski definition) is 2. The lowest BCUT2D eigenvalue weighted by Crippen LogP contribution is -2.39. The average Bonchev–Trinajstić information content (AvgIpc) is 2.45. The van der Waals surface area contributed by atoms with Gasteiger partial charge in [-0.1, -0.05) is 27.2 Å². The van der Waals surface area contributed by atoms with Crippen LogP contribution in [-0.4, -0.2) is 25.0 Å². The van der Waals surface area contributed by atoms with Gasteiger partial charge >= 0.3 is 0 Å². The van der Waals surface area contributed by atoms with Gasteiger partial charge in [0.25, 0.3) is 0 Å². The first-order chi connectivity index (χ1) is 8.03. The van der Waals surface area contributed by atoms with E-state index in [4.69, 9.17) is 0 Å². The molecule has 0 heterocycles. The SMILES string of the molecule is CCCNC(=O)CNC1CCCC(C)(C)CC1. The fraction of sp³-hybridized carbons (Fsp3) is 0.929. The minimum atomic E-state index is 0.135. The number of amides is 1. The Balaban J connectivity index is 2.21. The van der Waals surface area contributed by atoms with Crippen LogP contribution in [0.1, 0.15) is 59.3 Å². The van der Waals surface area contributed by atoms with Crippen molar-refractivity contribution >= 4 is 5.91 Å². The quantitative estimate of drug-likeness (QED) is 0.725. The number of carbonyl (C=O) groups is 1. The van der Waals surface area contributed by atoms with E-state index in [-0.39, 0.29) is 5.91 Å². The van der Waals surface area contributed by atoms with E-state index < -0.39 is 0 Å². The van der Waals surface area contributed by atoms with Crippen molar-refractivity contribution in [2.24, 2.45) is 5.41 Å². The Morgan fingerprint density at radius 3 is 2.76 bits per heavy atom. The minimum Gasteiger partial charge on any atom is -0.355 e. The Hall–Kier alpha value is -0.570. The maximum Gasteiger partial charge on any atom is 0.233 e. The van der Waals surface area contributed by atoms with E-state index in [9.17, 15) is 4.79 Å². The van der Waals surface area contributed by atoms with Gasteiger partial charge in [-0.15, -0.1) is 0 Å². The van der Waals surface area contributed by atoms with Crippen LogP contribution in [0.5, 0.6) is 0 Å². The van der Waals surface area contributed by atoms with E-state index in [0.29, 0.717) is 18.0 Å². The van der Waals surface area contributed by atoms with Crippen molar-refractivity contribution in [3.63, 3.8) is 0 Å². The lowest BCUT2D eigenvalue weighted by molar-refractivity contribution is -0.120. The summed E-state index contributed by atoms with van der Waals surface area (Å²) in [4.78, 5) is 11.5. The normalized spacial score (nSPS) is 24.1. The van der Waals surface area contributed by atoms with Gasteiger partial charge in [-0.05, 0) is 37.5 Å². The Bertz CT molecular complexity index is 238. The Morgan fingerprint density at radius 1 is 1.29 bits per heavy atom. The first-order valence-electron chi connectivity index (χ1n) is 7.03. The number of carbonyl (C=O) groups excluding carboxylic acids is 1. The molecule has 3 nitrogen and oxygen atoms in total. The highest BCUT2D eigenvalue weighted by Gasteiger charge is 2.24. The molecule has 0 aromatic heterocycles. The first-order valence-corrected chi connectivity index (χ1v) is 7.03. The van der Waals surface area contributed by atoms with Crippen LogP contribution < -0.4 is 10.6 Å². The molecule has 1 atom stereocenters. The van der Waals surface area contributed by atoms with E-state index >= 15 is 0 Å². The Kier molecular flexibility index (Phi) is 5.96. The third-order valence-corrected chi connectivity index (χ3v) is 3.70. The van der Waals surface area contributed by atoms with Gasteiger partial charge in [0.2, 0.25) is 5.91 Å². The third-order valence-electron chi connectivity index (χ3n) is 3.70. The molecule has 0 aromatic carbocycles. The number of rotatable bonds is 5. The summed E-state index contributed by atoms with van der Waals surface area (Å²) in [5, 5.41) is 6.30. The van der Waals surface area contributed by atoms with Crippen molar-refractivity contribution in [3.8, 4) is 0 Å². The molecule has 0 bridgehead atoms. The van der Waals surface area contributed by atoms with Crippen LogP contribution in [0.4, 0.5) is 0 Å². The van der Waals surface area contributed by atoms with Gasteiger partial charge in [0.05, 0.1) is 6.54 Å². The van der Waals surface area contributed by atoms with Crippen LogP contribution in [0.2, 0.25) is 0 Å².